The molecule has 0 bridgehead atoms. The van der Waals surface area contributed by atoms with Crippen molar-refractivity contribution in [1.29, 1.82) is 0 Å². The molecule has 0 saturated heterocycles. The number of azo groups is 1. The monoisotopic (exact) mass is 276 g/mol. The van der Waals surface area contributed by atoms with Gasteiger partial charge in [-0.1, -0.05) is 60.7 Å². The van der Waals surface area contributed by atoms with E-state index in [0.717, 1.165) is 11.4 Å². The van der Waals surface area contributed by atoms with Crippen molar-refractivity contribution in [2.24, 2.45) is 10.2 Å². The average molecular weight is 276 g/mol. The van der Waals surface area contributed by atoms with E-state index >= 15 is 0 Å². The Balaban J connectivity index is 0.00000161. The second-order valence-electron chi connectivity index (χ2n) is 4.45. The minimum Gasteiger partial charge on any atom is -0.412 e. The number of rotatable bonds is 3. The van der Waals surface area contributed by atoms with Crippen LogP contribution >= 0.6 is 0 Å². The van der Waals surface area contributed by atoms with Crippen LogP contribution in [0.15, 0.2) is 95.2 Å². The number of hydrogen-bond donors (Lipinski definition) is 0. The number of nitrogens with zero attached hydrogens (tertiary/aromatic N) is 2. The molecule has 3 aromatic rings. The van der Waals surface area contributed by atoms with Crippen molar-refractivity contribution < 1.29 is 5.48 Å². The number of benzene rings is 3. The Bertz CT molecular complexity index is 692. The van der Waals surface area contributed by atoms with E-state index in [0.29, 0.717) is 0 Å². The molecule has 0 spiro atoms. The van der Waals surface area contributed by atoms with Crippen LogP contribution in [-0.2, 0) is 0 Å². The smallest absolute Gasteiger partial charge is 0.0857 e. The van der Waals surface area contributed by atoms with Crippen molar-refractivity contribution in [3.63, 3.8) is 0 Å². The van der Waals surface area contributed by atoms with Gasteiger partial charge in [0.15, 0.2) is 0 Å². The Labute approximate surface area is 123 Å². The van der Waals surface area contributed by atoms with Gasteiger partial charge in [0.1, 0.15) is 0 Å². The van der Waals surface area contributed by atoms with E-state index in [1.165, 1.54) is 11.1 Å². The van der Waals surface area contributed by atoms with Crippen LogP contribution in [0, 0.1) is 0 Å². The summed E-state index contributed by atoms with van der Waals surface area (Å²) >= 11 is 0. The predicted octanol–water partition coefficient (Wildman–Crippen LogP) is 4.94. The first-order valence-corrected chi connectivity index (χ1v) is 6.54. The first-order chi connectivity index (χ1) is 9.92. The van der Waals surface area contributed by atoms with E-state index in [1.54, 1.807) is 0 Å². The lowest BCUT2D eigenvalue weighted by Crippen LogP contribution is -1.75. The van der Waals surface area contributed by atoms with Gasteiger partial charge in [-0.2, -0.15) is 10.2 Å². The second-order valence-corrected chi connectivity index (χ2v) is 4.45. The van der Waals surface area contributed by atoms with Crippen LogP contribution in [0.2, 0.25) is 0 Å². The first-order valence-electron chi connectivity index (χ1n) is 6.54. The molecule has 3 aromatic carbocycles. The molecule has 0 heterocycles. The lowest BCUT2D eigenvalue weighted by Gasteiger charge is -2.01. The Morgan fingerprint density at radius 2 is 0.857 bits per heavy atom. The van der Waals surface area contributed by atoms with Gasteiger partial charge < -0.3 is 5.48 Å². The minimum atomic E-state index is 0. The van der Waals surface area contributed by atoms with Gasteiger partial charge in [0.05, 0.1) is 11.4 Å². The molecule has 0 radical (unpaired) electrons. The van der Waals surface area contributed by atoms with Gasteiger partial charge in [-0.05, 0) is 35.4 Å². The van der Waals surface area contributed by atoms with Crippen LogP contribution in [0.5, 0.6) is 0 Å². The summed E-state index contributed by atoms with van der Waals surface area (Å²) in [7, 11) is 0. The van der Waals surface area contributed by atoms with Crippen molar-refractivity contribution >= 4 is 11.4 Å². The van der Waals surface area contributed by atoms with E-state index in [-0.39, 0.29) is 5.48 Å². The zero-order chi connectivity index (χ0) is 13.6. The highest BCUT2D eigenvalue weighted by molar-refractivity contribution is 5.65. The Morgan fingerprint density at radius 3 is 1.43 bits per heavy atom. The summed E-state index contributed by atoms with van der Waals surface area (Å²) in [6, 6.07) is 28.1. The molecule has 3 heteroatoms. The summed E-state index contributed by atoms with van der Waals surface area (Å²) < 4.78 is 0. The maximum Gasteiger partial charge on any atom is 0.0857 e. The molecular formula is C18H16N2O. The highest BCUT2D eigenvalue weighted by Crippen LogP contribution is 2.23. The standard InChI is InChI=1S/C18H14N2.H2O/c1-3-7-15(8-4-1)16-11-13-18(14-12-16)20-19-17-9-5-2-6-10-17;/h1-14H;1H2. The molecule has 0 aliphatic rings. The molecular weight excluding hydrogens is 260 g/mol. The molecule has 21 heavy (non-hydrogen) atoms. The fraction of sp³-hybridized carbons (Fsp3) is 0. The molecule has 0 aliphatic carbocycles. The van der Waals surface area contributed by atoms with Crippen LogP contribution in [0.3, 0.4) is 0 Å². The van der Waals surface area contributed by atoms with Crippen LogP contribution in [0.25, 0.3) is 11.1 Å². The van der Waals surface area contributed by atoms with Crippen LogP contribution in [0.1, 0.15) is 0 Å². The molecule has 2 N–H and O–H groups in total. The SMILES string of the molecule is O.c1ccc(N=Nc2ccc(-c3ccccc3)cc2)cc1. The van der Waals surface area contributed by atoms with Crippen molar-refractivity contribution in [2.75, 3.05) is 0 Å². The molecule has 3 nitrogen and oxygen atoms in total. The van der Waals surface area contributed by atoms with Gasteiger partial charge in [-0.25, -0.2) is 0 Å². The largest absolute Gasteiger partial charge is 0.412 e. The van der Waals surface area contributed by atoms with E-state index < -0.39 is 0 Å². The number of hydrogen-bond acceptors (Lipinski definition) is 2. The molecule has 104 valence electrons. The second kappa shape index (κ2) is 7.12. The molecule has 0 atom stereocenters. The molecule has 0 amide bonds. The summed E-state index contributed by atoms with van der Waals surface area (Å²) in [6.45, 7) is 0. The molecule has 0 aromatic heterocycles. The third kappa shape index (κ3) is 3.84. The Morgan fingerprint density at radius 1 is 0.429 bits per heavy atom. The van der Waals surface area contributed by atoms with Crippen LogP contribution in [-0.4, -0.2) is 5.48 Å². The first kappa shape index (κ1) is 14.6. The van der Waals surface area contributed by atoms with Crippen LogP contribution in [0.4, 0.5) is 11.4 Å². The fourth-order valence-electron chi connectivity index (χ4n) is 1.96. The van der Waals surface area contributed by atoms with Gasteiger partial charge >= 0.3 is 0 Å². The summed E-state index contributed by atoms with van der Waals surface area (Å²) in [5.74, 6) is 0. The quantitative estimate of drug-likeness (QED) is 0.608. The van der Waals surface area contributed by atoms with Gasteiger partial charge in [0.25, 0.3) is 0 Å². The Kier molecular flexibility index (Phi) is 4.96. The minimum absolute atomic E-state index is 0. The van der Waals surface area contributed by atoms with Gasteiger partial charge in [-0.15, -0.1) is 0 Å². The van der Waals surface area contributed by atoms with E-state index in [2.05, 4.69) is 34.5 Å². The van der Waals surface area contributed by atoms with Crippen LogP contribution < -0.4 is 0 Å². The van der Waals surface area contributed by atoms with Crippen molar-refractivity contribution in [2.45, 2.75) is 0 Å². The topological polar surface area (TPSA) is 56.2 Å². The maximum atomic E-state index is 4.24. The Hall–Kier alpha value is -2.78. The third-order valence-electron chi connectivity index (χ3n) is 3.01. The van der Waals surface area contributed by atoms with Crippen molar-refractivity contribution in [3.05, 3.63) is 84.9 Å². The third-order valence-corrected chi connectivity index (χ3v) is 3.01. The maximum absolute atomic E-state index is 4.24. The summed E-state index contributed by atoms with van der Waals surface area (Å²) in [6.07, 6.45) is 0. The average Bonchev–Trinajstić information content (AvgIpc) is 2.55. The normalized spacial score (nSPS) is 10.3. The predicted molar refractivity (Wildman–Crippen MR) is 86.1 cm³/mol. The van der Waals surface area contributed by atoms with Crippen molar-refractivity contribution in [3.8, 4) is 11.1 Å². The van der Waals surface area contributed by atoms with Crippen molar-refractivity contribution in [1.82, 2.24) is 0 Å². The highest BCUT2D eigenvalue weighted by atomic mass is 16.0. The molecule has 0 aliphatic heterocycles. The van der Waals surface area contributed by atoms with E-state index in [4.69, 9.17) is 0 Å². The molecule has 3 rings (SSSR count). The zero-order valence-electron chi connectivity index (χ0n) is 11.5. The summed E-state index contributed by atoms with van der Waals surface area (Å²) in [4.78, 5) is 0. The summed E-state index contributed by atoms with van der Waals surface area (Å²) in [5.41, 5.74) is 4.11. The van der Waals surface area contributed by atoms with Gasteiger partial charge in [0.2, 0.25) is 0 Å². The fourth-order valence-corrected chi connectivity index (χ4v) is 1.96. The molecule has 0 unspecified atom stereocenters. The molecule has 0 fully saturated rings. The zero-order valence-corrected chi connectivity index (χ0v) is 11.5. The van der Waals surface area contributed by atoms with Gasteiger partial charge in [-0.3, -0.25) is 0 Å². The summed E-state index contributed by atoms with van der Waals surface area (Å²) in [5, 5.41) is 8.44. The lowest BCUT2D eigenvalue weighted by molar-refractivity contribution is 0.824. The lowest BCUT2D eigenvalue weighted by atomic mass is 10.1. The molecule has 0 saturated carbocycles. The van der Waals surface area contributed by atoms with Gasteiger partial charge in [0, 0.05) is 0 Å². The van der Waals surface area contributed by atoms with E-state index in [9.17, 15) is 0 Å². The highest BCUT2D eigenvalue weighted by Gasteiger charge is 1.96. The van der Waals surface area contributed by atoms with E-state index in [1.807, 2.05) is 60.7 Å².